The van der Waals surface area contributed by atoms with Gasteiger partial charge in [-0.25, -0.2) is 13.8 Å². The van der Waals surface area contributed by atoms with E-state index in [9.17, 15) is 29.3 Å². The molecule has 35 heavy (non-hydrogen) atoms. The summed E-state index contributed by atoms with van der Waals surface area (Å²) in [5.41, 5.74) is -1.19. The molecule has 194 valence electrons. The summed E-state index contributed by atoms with van der Waals surface area (Å²) in [5.74, 6) is -3.19. The molecule has 0 aromatic carbocycles. The van der Waals surface area contributed by atoms with Crippen LogP contribution in [0.2, 0.25) is 0 Å². The van der Waals surface area contributed by atoms with Gasteiger partial charge in [0.2, 0.25) is 0 Å². The Hall–Kier alpha value is -2.33. The van der Waals surface area contributed by atoms with Crippen LogP contribution in [0.5, 0.6) is 0 Å². The number of halogens is 1. The van der Waals surface area contributed by atoms with Crippen molar-refractivity contribution in [3.05, 3.63) is 63.2 Å². The standard InChI is InChI=1S/C19H25FN3O11P/c1-30-9-13(31-8-12-4-2-3-6-21-12)10-32-35(28,29)33-11-19(20)16(26)15(25)17(34-19)23-7-5-14(24)22-18(23)27/h2-7,13,15-17,25-26H,8-11H2,1H3,(H,28,29)(H,22,24,27)/t13?,15-,16+,17-,19-/m1/s1. The van der Waals surface area contributed by atoms with Gasteiger partial charge < -0.3 is 29.3 Å². The number of ether oxygens (including phenoxy) is 3. The van der Waals surface area contributed by atoms with Gasteiger partial charge in [0, 0.05) is 25.6 Å². The number of rotatable bonds is 12. The summed E-state index contributed by atoms with van der Waals surface area (Å²) in [6.07, 6.45) is -4.32. The lowest BCUT2D eigenvalue weighted by molar-refractivity contribution is -0.205. The third kappa shape index (κ3) is 7.10. The van der Waals surface area contributed by atoms with Crippen molar-refractivity contribution < 1.29 is 47.3 Å². The van der Waals surface area contributed by atoms with Gasteiger partial charge in [-0.1, -0.05) is 6.07 Å². The van der Waals surface area contributed by atoms with Gasteiger partial charge in [0.1, 0.15) is 24.9 Å². The topological polar surface area (TPSA) is 192 Å². The zero-order valence-electron chi connectivity index (χ0n) is 18.4. The molecular formula is C19H25FN3O11P. The number of aliphatic hydroxyl groups is 2. The predicted molar refractivity (Wildman–Crippen MR) is 114 cm³/mol. The largest absolute Gasteiger partial charge is 0.472 e. The number of H-pyrrole nitrogens is 1. The molecule has 0 bridgehead atoms. The Kier molecular flexibility index (Phi) is 9.04. The van der Waals surface area contributed by atoms with E-state index >= 15 is 4.39 Å². The number of phosphoric ester groups is 1. The van der Waals surface area contributed by atoms with E-state index in [1.807, 2.05) is 4.98 Å². The van der Waals surface area contributed by atoms with Crippen LogP contribution < -0.4 is 11.2 Å². The van der Waals surface area contributed by atoms with E-state index in [-0.39, 0.29) is 13.2 Å². The molecule has 6 atom stereocenters. The molecule has 0 spiro atoms. The molecule has 0 radical (unpaired) electrons. The number of alkyl halides is 1. The molecule has 4 N–H and O–H groups in total. The molecule has 2 aromatic rings. The highest BCUT2D eigenvalue weighted by Gasteiger charge is 2.57. The maximum atomic E-state index is 15.2. The van der Waals surface area contributed by atoms with Crippen molar-refractivity contribution in [2.75, 3.05) is 26.9 Å². The maximum Gasteiger partial charge on any atom is 0.472 e. The van der Waals surface area contributed by atoms with Crippen molar-refractivity contribution >= 4 is 7.82 Å². The van der Waals surface area contributed by atoms with E-state index in [4.69, 9.17) is 18.7 Å². The maximum absolute atomic E-state index is 15.2. The van der Waals surface area contributed by atoms with Crippen LogP contribution in [-0.4, -0.2) is 80.7 Å². The first-order valence-corrected chi connectivity index (χ1v) is 11.7. The Morgan fingerprint density at radius 3 is 2.71 bits per heavy atom. The first-order chi connectivity index (χ1) is 16.5. The van der Waals surface area contributed by atoms with Crippen molar-refractivity contribution in [2.45, 2.75) is 37.0 Å². The smallest absolute Gasteiger partial charge is 0.385 e. The fourth-order valence-electron chi connectivity index (χ4n) is 3.12. The SMILES string of the molecule is COCC(COP(=O)(O)OC[C@@]1(F)O[C@@H](n2ccc(=O)[nH]c2=O)[C@H](O)[C@@H]1O)OCc1ccccn1. The quantitative estimate of drug-likeness (QED) is 0.255. The van der Waals surface area contributed by atoms with Crippen LogP contribution in [0, 0.1) is 0 Å². The molecule has 2 aromatic heterocycles. The molecule has 1 aliphatic heterocycles. The normalized spacial score (nSPS) is 26.9. The highest BCUT2D eigenvalue weighted by molar-refractivity contribution is 7.47. The van der Waals surface area contributed by atoms with Gasteiger partial charge in [0.05, 0.1) is 25.5 Å². The van der Waals surface area contributed by atoms with Gasteiger partial charge in [-0.05, 0) is 12.1 Å². The van der Waals surface area contributed by atoms with E-state index in [0.29, 0.717) is 10.3 Å². The third-order valence-electron chi connectivity index (χ3n) is 4.89. The molecule has 1 fully saturated rings. The third-order valence-corrected chi connectivity index (χ3v) is 5.82. The van der Waals surface area contributed by atoms with Crippen molar-refractivity contribution in [3.63, 3.8) is 0 Å². The van der Waals surface area contributed by atoms with Crippen LogP contribution in [0.1, 0.15) is 11.9 Å². The van der Waals surface area contributed by atoms with Crippen molar-refractivity contribution in [3.8, 4) is 0 Å². The fourth-order valence-corrected chi connectivity index (χ4v) is 3.89. The minimum absolute atomic E-state index is 0.0104. The van der Waals surface area contributed by atoms with E-state index < -0.39 is 62.7 Å². The number of hydrogen-bond donors (Lipinski definition) is 4. The average molecular weight is 521 g/mol. The summed E-state index contributed by atoms with van der Waals surface area (Å²) in [5, 5.41) is 20.2. The van der Waals surface area contributed by atoms with Crippen LogP contribution in [0.15, 0.2) is 46.2 Å². The highest BCUT2D eigenvalue weighted by Crippen LogP contribution is 2.47. The molecule has 0 amide bonds. The van der Waals surface area contributed by atoms with E-state index in [1.54, 1.807) is 24.4 Å². The first-order valence-electron chi connectivity index (χ1n) is 10.2. The van der Waals surface area contributed by atoms with Crippen LogP contribution in [0.4, 0.5) is 4.39 Å². The monoisotopic (exact) mass is 521 g/mol. The lowest BCUT2D eigenvalue weighted by Gasteiger charge is -2.24. The molecule has 1 saturated heterocycles. The number of aliphatic hydroxyl groups excluding tert-OH is 2. The first kappa shape index (κ1) is 27.3. The number of pyridine rings is 1. The van der Waals surface area contributed by atoms with E-state index in [2.05, 4.69) is 9.51 Å². The summed E-state index contributed by atoms with van der Waals surface area (Å²) < 4.78 is 53.0. The second-order valence-electron chi connectivity index (χ2n) is 7.49. The molecule has 3 heterocycles. The number of phosphoric acid groups is 1. The zero-order valence-corrected chi connectivity index (χ0v) is 19.3. The van der Waals surface area contributed by atoms with E-state index in [0.717, 1.165) is 12.3 Å². The number of methoxy groups -OCH3 is 1. The van der Waals surface area contributed by atoms with Crippen LogP contribution in [0.3, 0.4) is 0 Å². The predicted octanol–water partition coefficient (Wildman–Crippen LogP) is -0.787. The Balaban J connectivity index is 1.57. The Bertz CT molecular complexity index is 1130. The van der Waals surface area contributed by atoms with Crippen LogP contribution in [-0.2, 0) is 34.4 Å². The van der Waals surface area contributed by atoms with Crippen molar-refractivity contribution in [1.82, 2.24) is 14.5 Å². The molecule has 3 rings (SSSR count). The summed E-state index contributed by atoms with van der Waals surface area (Å²) >= 11 is 0. The Labute approximate surface area is 197 Å². The lowest BCUT2D eigenvalue weighted by atomic mass is 10.1. The molecule has 2 unspecified atom stereocenters. The van der Waals surface area contributed by atoms with Crippen LogP contribution in [0.25, 0.3) is 0 Å². The minimum atomic E-state index is -4.89. The summed E-state index contributed by atoms with van der Waals surface area (Å²) in [6, 6.07) is 6.11. The van der Waals surface area contributed by atoms with Gasteiger partial charge in [-0.2, -0.15) is 0 Å². The van der Waals surface area contributed by atoms with Crippen molar-refractivity contribution in [2.24, 2.45) is 0 Å². The second-order valence-corrected chi connectivity index (χ2v) is 8.95. The average Bonchev–Trinajstić information content (AvgIpc) is 3.05. The Morgan fingerprint density at radius 2 is 2.06 bits per heavy atom. The number of nitrogens with zero attached hydrogens (tertiary/aromatic N) is 2. The summed E-state index contributed by atoms with van der Waals surface area (Å²) in [6.45, 7) is -1.76. The summed E-state index contributed by atoms with van der Waals surface area (Å²) in [7, 11) is -3.51. The van der Waals surface area contributed by atoms with Gasteiger partial charge in [0.15, 0.2) is 6.23 Å². The molecule has 0 aliphatic carbocycles. The second kappa shape index (κ2) is 11.6. The number of hydrogen-bond acceptors (Lipinski definition) is 11. The molecule has 16 heteroatoms. The van der Waals surface area contributed by atoms with Gasteiger partial charge in [0.25, 0.3) is 11.4 Å². The fraction of sp³-hybridized carbons (Fsp3) is 0.526. The van der Waals surface area contributed by atoms with Gasteiger partial charge in [-0.15, -0.1) is 0 Å². The van der Waals surface area contributed by atoms with Crippen LogP contribution >= 0.6 is 7.82 Å². The highest BCUT2D eigenvalue weighted by atomic mass is 31.2. The molecular weight excluding hydrogens is 496 g/mol. The summed E-state index contributed by atoms with van der Waals surface area (Å²) in [4.78, 5) is 39.0. The van der Waals surface area contributed by atoms with Gasteiger partial charge in [-0.3, -0.25) is 28.4 Å². The lowest BCUT2D eigenvalue weighted by Crippen LogP contribution is -2.43. The number of aromatic nitrogens is 3. The van der Waals surface area contributed by atoms with Crippen molar-refractivity contribution in [1.29, 1.82) is 0 Å². The van der Waals surface area contributed by atoms with E-state index in [1.165, 1.54) is 7.11 Å². The number of aromatic amines is 1. The molecule has 14 nitrogen and oxygen atoms in total. The minimum Gasteiger partial charge on any atom is -0.385 e. The molecule has 0 saturated carbocycles. The molecule has 1 aliphatic rings. The Morgan fingerprint density at radius 1 is 1.29 bits per heavy atom. The van der Waals surface area contributed by atoms with Gasteiger partial charge >= 0.3 is 13.5 Å². The number of nitrogens with one attached hydrogen (secondary N) is 1. The zero-order chi connectivity index (χ0) is 25.6.